The van der Waals surface area contributed by atoms with Crippen molar-refractivity contribution in [1.29, 1.82) is 0 Å². The van der Waals surface area contributed by atoms with Gasteiger partial charge in [-0.3, -0.25) is 4.79 Å². The zero-order chi connectivity index (χ0) is 19.4. The van der Waals surface area contributed by atoms with Crippen LogP contribution in [0.4, 0.5) is 10.5 Å². The molecule has 3 amide bonds. The number of benzene rings is 1. The molecular weight excluding hydrogens is 344 g/mol. The first kappa shape index (κ1) is 19.5. The Labute approximate surface area is 161 Å². The highest BCUT2D eigenvalue weighted by Gasteiger charge is 2.33. The highest BCUT2D eigenvalue weighted by Crippen LogP contribution is 2.24. The number of likely N-dealkylation sites (tertiary alicyclic amines) is 1. The molecule has 1 aromatic carbocycles. The van der Waals surface area contributed by atoms with Gasteiger partial charge in [0.2, 0.25) is 5.91 Å². The maximum Gasteiger partial charge on any atom is 0.317 e. The number of anilines is 1. The zero-order valence-electron chi connectivity index (χ0n) is 16.5. The average Bonchev–Trinajstić information content (AvgIpc) is 3.02. The number of ether oxygens (including phenoxy) is 1. The van der Waals surface area contributed by atoms with Crippen LogP contribution in [0.3, 0.4) is 0 Å². The summed E-state index contributed by atoms with van der Waals surface area (Å²) in [6.07, 6.45) is 2.31. The van der Waals surface area contributed by atoms with Crippen LogP contribution < -0.4 is 15.0 Å². The van der Waals surface area contributed by atoms with Crippen LogP contribution in [0.5, 0.6) is 5.75 Å². The zero-order valence-corrected chi connectivity index (χ0v) is 16.5. The fourth-order valence-electron chi connectivity index (χ4n) is 3.77. The van der Waals surface area contributed by atoms with Gasteiger partial charge >= 0.3 is 6.03 Å². The Morgan fingerprint density at radius 2 is 1.93 bits per heavy atom. The molecule has 0 aromatic heterocycles. The Hall–Kier alpha value is -2.28. The van der Waals surface area contributed by atoms with Gasteiger partial charge < -0.3 is 24.8 Å². The third-order valence-corrected chi connectivity index (χ3v) is 5.47. The van der Waals surface area contributed by atoms with Gasteiger partial charge in [0.25, 0.3) is 0 Å². The number of rotatable bonds is 5. The van der Waals surface area contributed by atoms with Crippen LogP contribution in [0.15, 0.2) is 24.3 Å². The van der Waals surface area contributed by atoms with E-state index in [2.05, 4.69) is 17.3 Å². The SMILES string of the molecule is CCOc1ccc(N2C[C@@H](NC(=O)N(C)C3CCN(C)CC3)CC2=O)cc1. The van der Waals surface area contributed by atoms with Crippen molar-refractivity contribution >= 4 is 17.6 Å². The van der Waals surface area contributed by atoms with Crippen molar-refractivity contribution in [1.82, 2.24) is 15.1 Å². The third-order valence-electron chi connectivity index (χ3n) is 5.47. The maximum atomic E-state index is 12.6. The lowest BCUT2D eigenvalue weighted by molar-refractivity contribution is -0.117. The number of piperidine rings is 1. The minimum atomic E-state index is -0.162. The van der Waals surface area contributed by atoms with Crippen LogP contribution in [0, 0.1) is 0 Å². The van der Waals surface area contributed by atoms with Crippen molar-refractivity contribution in [3.8, 4) is 5.75 Å². The van der Waals surface area contributed by atoms with Crippen molar-refractivity contribution in [2.45, 2.75) is 38.3 Å². The monoisotopic (exact) mass is 374 g/mol. The molecule has 2 aliphatic rings. The molecule has 7 nitrogen and oxygen atoms in total. The standard InChI is InChI=1S/C20H30N4O3/c1-4-27-18-7-5-17(6-8-18)24-14-15(13-19(24)25)21-20(26)23(3)16-9-11-22(2)12-10-16/h5-8,15-16H,4,9-14H2,1-3H3,(H,21,26)/t15-/m0/s1. The minimum absolute atomic E-state index is 0.0337. The van der Waals surface area contributed by atoms with Crippen LogP contribution in [0.25, 0.3) is 0 Å². The van der Waals surface area contributed by atoms with Crippen molar-refractivity contribution in [2.24, 2.45) is 0 Å². The van der Waals surface area contributed by atoms with E-state index in [4.69, 9.17) is 4.74 Å². The molecule has 2 saturated heterocycles. The number of nitrogens with zero attached hydrogens (tertiary/aromatic N) is 3. The van der Waals surface area contributed by atoms with Crippen molar-refractivity contribution in [3.05, 3.63) is 24.3 Å². The summed E-state index contributed by atoms with van der Waals surface area (Å²) in [5.74, 6) is 0.823. The molecule has 1 aromatic rings. The molecule has 7 heteroatoms. The summed E-state index contributed by atoms with van der Waals surface area (Å²) in [4.78, 5) is 30.8. The third kappa shape index (κ3) is 4.71. The fraction of sp³-hybridized carbons (Fsp3) is 0.600. The molecule has 27 heavy (non-hydrogen) atoms. The molecule has 2 heterocycles. The second-order valence-electron chi connectivity index (χ2n) is 7.43. The molecule has 148 valence electrons. The molecule has 0 saturated carbocycles. The van der Waals surface area contributed by atoms with Gasteiger partial charge in [-0.25, -0.2) is 4.79 Å². The van der Waals surface area contributed by atoms with E-state index >= 15 is 0 Å². The van der Waals surface area contributed by atoms with E-state index in [0.717, 1.165) is 37.4 Å². The molecular formula is C20H30N4O3. The predicted molar refractivity (Wildman–Crippen MR) is 105 cm³/mol. The van der Waals surface area contributed by atoms with Crippen LogP contribution >= 0.6 is 0 Å². The van der Waals surface area contributed by atoms with Gasteiger partial charge in [-0.05, 0) is 64.2 Å². The summed E-state index contributed by atoms with van der Waals surface area (Å²) in [6, 6.07) is 7.52. The van der Waals surface area contributed by atoms with Gasteiger partial charge in [-0.15, -0.1) is 0 Å². The van der Waals surface area contributed by atoms with Gasteiger partial charge in [-0.2, -0.15) is 0 Å². The van der Waals surface area contributed by atoms with Gasteiger partial charge in [0.05, 0.1) is 12.6 Å². The molecule has 0 unspecified atom stereocenters. The summed E-state index contributed by atoms with van der Waals surface area (Å²) in [5.41, 5.74) is 0.837. The van der Waals surface area contributed by atoms with E-state index in [1.165, 1.54) is 0 Å². The highest BCUT2D eigenvalue weighted by atomic mass is 16.5. The van der Waals surface area contributed by atoms with Crippen LogP contribution in [0.1, 0.15) is 26.2 Å². The number of nitrogens with one attached hydrogen (secondary N) is 1. The van der Waals surface area contributed by atoms with E-state index < -0.39 is 0 Å². The van der Waals surface area contributed by atoms with E-state index in [1.54, 1.807) is 9.80 Å². The van der Waals surface area contributed by atoms with Crippen LogP contribution in [-0.2, 0) is 4.79 Å². The van der Waals surface area contributed by atoms with Crippen LogP contribution in [-0.4, -0.2) is 74.2 Å². The number of hydrogen-bond acceptors (Lipinski definition) is 4. The topological polar surface area (TPSA) is 65.1 Å². The summed E-state index contributed by atoms with van der Waals surface area (Å²) in [5, 5.41) is 3.04. The molecule has 0 spiro atoms. The summed E-state index contributed by atoms with van der Waals surface area (Å²) in [6.45, 7) is 5.07. The van der Waals surface area contributed by atoms with Crippen molar-refractivity contribution in [3.63, 3.8) is 0 Å². The van der Waals surface area contributed by atoms with E-state index in [9.17, 15) is 9.59 Å². The Balaban J connectivity index is 1.54. The molecule has 0 bridgehead atoms. The Morgan fingerprint density at radius 3 is 2.56 bits per heavy atom. The quantitative estimate of drug-likeness (QED) is 0.855. The number of urea groups is 1. The first-order valence-corrected chi connectivity index (χ1v) is 9.73. The summed E-state index contributed by atoms with van der Waals surface area (Å²) in [7, 11) is 3.96. The lowest BCUT2D eigenvalue weighted by Crippen LogP contribution is -2.50. The first-order valence-electron chi connectivity index (χ1n) is 9.73. The maximum absolute atomic E-state index is 12.6. The second kappa shape index (κ2) is 8.61. The second-order valence-corrected chi connectivity index (χ2v) is 7.43. The largest absolute Gasteiger partial charge is 0.494 e. The molecule has 1 atom stereocenters. The molecule has 1 N–H and O–H groups in total. The Kier molecular flexibility index (Phi) is 6.21. The van der Waals surface area contributed by atoms with Gasteiger partial charge in [-0.1, -0.05) is 0 Å². The molecule has 0 aliphatic carbocycles. The van der Waals surface area contributed by atoms with E-state index in [0.29, 0.717) is 19.6 Å². The first-order chi connectivity index (χ1) is 13.0. The van der Waals surface area contributed by atoms with Gasteiger partial charge in [0, 0.05) is 31.7 Å². The Morgan fingerprint density at radius 1 is 1.26 bits per heavy atom. The van der Waals surface area contributed by atoms with E-state index in [-0.39, 0.29) is 24.0 Å². The lowest BCUT2D eigenvalue weighted by Gasteiger charge is -2.35. The number of carbonyl (C=O) groups excluding carboxylic acids is 2. The number of carbonyl (C=O) groups is 2. The molecule has 0 radical (unpaired) electrons. The van der Waals surface area contributed by atoms with Crippen molar-refractivity contribution in [2.75, 3.05) is 45.2 Å². The average molecular weight is 374 g/mol. The summed E-state index contributed by atoms with van der Waals surface area (Å²) < 4.78 is 5.45. The summed E-state index contributed by atoms with van der Waals surface area (Å²) >= 11 is 0. The number of hydrogen-bond donors (Lipinski definition) is 1. The van der Waals surface area contributed by atoms with Crippen LogP contribution in [0.2, 0.25) is 0 Å². The van der Waals surface area contributed by atoms with Gasteiger partial charge in [0.1, 0.15) is 5.75 Å². The number of amides is 3. The highest BCUT2D eigenvalue weighted by molar-refractivity contribution is 5.96. The predicted octanol–water partition coefficient (Wildman–Crippen LogP) is 1.93. The normalized spacial score (nSPS) is 21.4. The molecule has 3 rings (SSSR count). The minimum Gasteiger partial charge on any atom is -0.494 e. The lowest BCUT2D eigenvalue weighted by atomic mass is 10.0. The van der Waals surface area contributed by atoms with Gasteiger partial charge in [0.15, 0.2) is 0 Å². The molecule has 2 aliphatic heterocycles. The molecule has 2 fully saturated rings. The smallest absolute Gasteiger partial charge is 0.317 e. The van der Waals surface area contributed by atoms with E-state index in [1.807, 2.05) is 38.2 Å². The van der Waals surface area contributed by atoms with Crippen molar-refractivity contribution < 1.29 is 14.3 Å². The fourth-order valence-corrected chi connectivity index (χ4v) is 3.77. The Bertz CT molecular complexity index is 656.